The molecule has 112 valence electrons. The van der Waals surface area contributed by atoms with Gasteiger partial charge in [-0.1, -0.05) is 6.07 Å². The van der Waals surface area contributed by atoms with Crippen molar-refractivity contribution in [2.75, 3.05) is 6.54 Å². The number of amides is 1. The summed E-state index contributed by atoms with van der Waals surface area (Å²) in [4.78, 5) is 13.5. The molecule has 1 N–H and O–H groups in total. The molecule has 0 saturated carbocycles. The van der Waals surface area contributed by atoms with Crippen molar-refractivity contribution in [2.45, 2.75) is 6.42 Å². The number of nitrogens with one attached hydrogen (secondary N) is 1. The first-order chi connectivity index (χ1) is 10.7. The van der Waals surface area contributed by atoms with E-state index < -0.39 is 5.82 Å². The molecule has 0 aliphatic heterocycles. The number of hydrogen-bond acceptors (Lipinski definition) is 5. The predicted octanol–water partition coefficient (Wildman–Crippen LogP) is 1.84. The van der Waals surface area contributed by atoms with Crippen molar-refractivity contribution in [1.82, 2.24) is 25.5 Å². The van der Waals surface area contributed by atoms with E-state index in [0.717, 1.165) is 6.42 Å². The van der Waals surface area contributed by atoms with Crippen molar-refractivity contribution in [3.05, 3.63) is 58.3 Å². The molecule has 0 atom stereocenters. The molecule has 1 amide bonds. The average molecular weight is 317 g/mol. The van der Waals surface area contributed by atoms with Gasteiger partial charge in [-0.2, -0.15) is 4.68 Å². The van der Waals surface area contributed by atoms with Crippen LogP contribution in [0.3, 0.4) is 0 Å². The van der Waals surface area contributed by atoms with Gasteiger partial charge in [0.2, 0.25) is 0 Å². The van der Waals surface area contributed by atoms with Gasteiger partial charge in [-0.15, -0.1) is 16.4 Å². The first-order valence-corrected chi connectivity index (χ1v) is 7.45. The molecule has 0 spiro atoms. The molecule has 0 aliphatic carbocycles. The lowest BCUT2D eigenvalue weighted by atomic mass is 10.1. The minimum Gasteiger partial charge on any atom is -0.352 e. The molecule has 6 nitrogen and oxygen atoms in total. The number of benzene rings is 1. The van der Waals surface area contributed by atoms with E-state index in [1.165, 1.54) is 34.1 Å². The molecule has 0 aliphatic rings. The Balaban J connectivity index is 1.74. The van der Waals surface area contributed by atoms with E-state index in [1.54, 1.807) is 11.3 Å². The van der Waals surface area contributed by atoms with Gasteiger partial charge in [0.1, 0.15) is 12.1 Å². The van der Waals surface area contributed by atoms with Crippen LogP contribution in [0.2, 0.25) is 0 Å². The smallest absolute Gasteiger partial charge is 0.253 e. The zero-order valence-electron chi connectivity index (χ0n) is 11.4. The number of thiophene rings is 1. The molecule has 0 fully saturated rings. The molecule has 2 heterocycles. The Kier molecular flexibility index (Phi) is 4.19. The van der Waals surface area contributed by atoms with Gasteiger partial charge in [0.15, 0.2) is 0 Å². The number of aromatic nitrogens is 4. The van der Waals surface area contributed by atoms with Gasteiger partial charge < -0.3 is 5.32 Å². The fourth-order valence-corrected chi connectivity index (χ4v) is 2.72. The third kappa shape index (κ3) is 3.17. The zero-order valence-corrected chi connectivity index (χ0v) is 12.3. The third-order valence-electron chi connectivity index (χ3n) is 3.04. The number of nitrogens with zero attached hydrogens (tertiary/aromatic N) is 4. The average Bonchev–Trinajstić information content (AvgIpc) is 3.20. The molecule has 0 radical (unpaired) electrons. The summed E-state index contributed by atoms with van der Waals surface area (Å²) in [6, 6.07) is 7.87. The maximum absolute atomic E-state index is 13.4. The van der Waals surface area contributed by atoms with E-state index in [2.05, 4.69) is 20.8 Å². The minimum absolute atomic E-state index is 0.290. The normalized spacial score (nSPS) is 10.6. The van der Waals surface area contributed by atoms with Crippen LogP contribution in [-0.4, -0.2) is 32.7 Å². The fraction of sp³-hybridized carbons (Fsp3) is 0.143. The van der Waals surface area contributed by atoms with Crippen LogP contribution in [0, 0.1) is 5.82 Å². The van der Waals surface area contributed by atoms with E-state index in [0.29, 0.717) is 17.8 Å². The number of carbonyl (C=O) groups is 1. The lowest BCUT2D eigenvalue weighted by molar-refractivity contribution is 0.0954. The Morgan fingerprint density at radius 3 is 3.00 bits per heavy atom. The Hall–Kier alpha value is -2.61. The quantitative estimate of drug-likeness (QED) is 0.779. The number of tetrazole rings is 1. The number of rotatable bonds is 5. The maximum atomic E-state index is 13.4. The Morgan fingerprint density at radius 1 is 1.36 bits per heavy atom. The molecule has 3 aromatic rings. The molecule has 22 heavy (non-hydrogen) atoms. The monoisotopic (exact) mass is 317 g/mol. The van der Waals surface area contributed by atoms with Gasteiger partial charge in [-0.05, 0) is 40.4 Å². The van der Waals surface area contributed by atoms with Crippen molar-refractivity contribution in [3.63, 3.8) is 0 Å². The Labute approximate surface area is 129 Å². The highest BCUT2D eigenvalue weighted by Crippen LogP contribution is 2.15. The van der Waals surface area contributed by atoms with Crippen LogP contribution in [-0.2, 0) is 6.42 Å². The summed E-state index contributed by atoms with van der Waals surface area (Å²) in [6.45, 7) is 0.506. The lowest BCUT2D eigenvalue weighted by Gasteiger charge is -2.09. The van der Waals surface area contributed by atoms with Gasteiger partial charge in [-0.25, -0.2) is 4.39 Å². The largest absolute Gasteiger partial charge is 0.352 e. The first kappa shape index (κ1) is 14.3. The molecule has 2 aromatic heterocycles. The van der Waals surface area contributed by atoms with Gasteiger partial charge in [0.25, 0.3) is 5.91 Å². The molecule has 0 bridgehead atoms. The van der Waals surface area contributed by atoms with Crippen LogP contribution in [0.25, 0.3) is 5.69 Å². The SMILES string of the molecule is O=C(NCCc1cccs1)c1ccc(F)cc1-n1cnnn1. The van der Waals surface area contributed by atoms with Crippen LogP contribution in [0.15, 0.2) is 42.0 Å². The van der Waals surface area contributed by atoms with E-state index in [9.17, 15) is 9.18 Å². The van der Waals surface area contributed by atoms with Crippen molar-refractivity contribution >= 4 is 17.2 Å². The van der Waals surface area contributed by atoms with E-state index >= 15 is 0 Å². The molecular weight excluding hydrogens is 305 g/mol. The second kappa shape index (κ2) is 6.44. The van der Waals surface area contributed by atoms with Crippen LogP contribution < -0.4 is 5.32 Å². The van der Waals surface area contributed by atoms with Crippen molar-refractivity contribution in [2.24, 2.45) is 0 Å². The summed E-state index contributed by atoms with van der Waals surface area (Å²) in [6.07, 6.45) is 2.07. The van der Waals surface area contributed by atoms with Gasteiger partial charge in [0, 0.05) is 17.5 Å². The second-order valence-corrected chi connectivity index (χ2v) is 5.53. The number of hydrogen-bond donors (Lipinski definition) is 1. The first-order valence-electron chi connectivity index (χ1n) is 6.57. The Bertz CT molecular complexity index is 758. The highest BCUT2D eigenvalue weighted by atomic mass is 32.1. The summed E-state index contributed by atoms with van der Waals surface area (Å²) < 4.78 is 14.7. The summed E-state index contributed by atoms with van der Waals surface area (Å²) >= 11 is 1.64. The molecular formula is C14H12FN5OS. The van der Waals surface area contributed by atoms with E-state index in [1.807, 2.05) is 17.5 Å². The van der Waals surface area contributed by atoms with Crippen LogP contribution in [0.1, 0.15) is 15.2 Å². The number of halogens is 1. The van der Waals surface area contributed by atoms with Crippen LogP contribution in [0.4, 0.5) is 4.39 Å². The summed E-state index contributed by atoms with van der Waals surface area (Å²) in [7, 11) is 0. The lowest BCUT2D eigenvalue weighted by Crippen LogP contribution is -2.26. The summed E-state index contributed by atoms with van der Waals surface area (Å²) in [5.41, 5.74) is 0.624. The predicted molar refractivity (Wildman–Crippen MR) is 79.5 cm³/mol. The van der Waals surface area contributed by atoms with Crippen molar-refractivity contribution in [1.29, 1.82) is 0 Å². The molecule has 3 rings (SSSR count). The van der Waals surface area contributed by atoms with Crippen LogP contribution in [0.5, 0.6) is 0 Å². The minimum atomic E-state index is -0.458. The topological polar surface area (TPSA) is 72.7 Å². The maximum Gasteiger partial charge on any atom is 0.253 e. The third-order valence-corrected chi connectivity index (χ3v) is 3.97. The summed E-state index contributed by atoms with van der Waals surface area (Å²) in [5, 5.41) is 15.5. The van der Waals surface area contributed by atoms with E-state index in [4.69, 9.17) is 0 Å². The van der Waals surface area contributed by atoms with Crippen molar-refractivity contribution in [3.8, 4) is 5.69 Å². The standard InChI is InChI=1S/C14H12FN5OS/c15-10-3-4-12(13(8-10)20-9-17-18-19-20)14(21)16-6-5-11-2-1-7-22-11/h1-4,7-9H,5-6H2,(H,16,21). The van der Waals surface area contributed by atoms with Crippen molar-refractivity contribution < 1.29 is 9.18 Å². The second-order valence-electron chi connectivity index (χ2n) is 4.50. The zero-order chi connectivity index (χ0) is 15.4. The van der Waals surface area contributed by atoms with Gasteiger partial charge in [-0.3, -0.25) is 4.79 Å². The molecule has 0 saturated heterocycles. The highest BCUT2D eigenvalue weighted by Gasteiger charge is 2.14. The van der Waals surface area contributed by atoms with Gasteiger partial charge in [0.05, 0.1) is 11.3 Å². The van der Waals surface area contributed by atoms with Crippen LogP contribution >= 0.6 is 11.3 Å². The highest BCUT2D eigenvalue weighted by molar-refractivity contribution is 7.09. The Morgan fingerprint density at radius 2 is 2.27 bits per heavy atom. The van der Waals surface area contributed by atoms with Gasteiger partial charge >= 0.3 is 0 Å². The molecule has 8 heteroatoms. The number of carbonyl (C=O) groups excluding carboxylic acids is 1. The van der Waals surface area contributed by atoms with E-state index in [-0.39, 0.29) is 5.91 Å². The molecule has 0 unspecified atom stereocenters. The fourth-order valence-electron chi connectivity index (χ4n) is 2.01. The molecule has 1 aromatic carbocycles. The summed E-state index contributed by atoms with van der Waals surface area (Å²) in [5.74, 6) is -0.748.